The summed E-state index contributed by atoms with van der Waals surface area (Å²) in [4.78, 5) is 9.97. The van der Waals surface area contributed by atoms with Crippen LogP contribution in [0, 0.1) is 13.8 Å². The molecule has 0 spiro atoms. The van der Waals surface area contributed by atoms with Crippen LogP contribution >= 0.6 is 0 Å². The third-order valence-corrected chi connectivity index (χ3v) is 13.8. The van der Waals surface area contributed by atoms with Crippen molar-refractivity contribution >= 4 is 102 Å². The molecule has 0 radical (unpaired) electrons. The Morgan fingerprint density at radius 1 is 0.394 bits per heavy atom. The van der Waals surface area contributed by atoms with Crippen molar-refractivity contribution in [1.82, 2.24) is 4.57 Å². The number of hydrogen-bond acceptors (Lipinski definition) is 4. The third kappa shape index (κ3) is 6.31. The van der Waals surface area contributed by atoms with Crippen molar-refractivity contribution in [2.75, 3.05) is 32.7 Å². The van der Waals surface area contributed by atoms with Crippen LogP contribution in [0.3, 0.4) is 0 Å². The summed E-state index contributed by atoms with van der Waals surface area (Å²) in [6, 6.07) is 76.5. The molecule has 318 valence electrons. The zero-order chi connectivity index (χ0) is 44.5. The number of para-hydroxylation sites is 4. The summed E-state index contributed by atoms with van der Waals surface area (Å²) in [5, 5.41) is 2.45. The summed E-state index contributed by atoms with van der Waals surface area (Å²) >= 11 is 0. The van der Waals surface area contributed by atoms with E-state index in [1.54, 1.807) is 0 Å². The van der Waals surface area contributed by atoms with Gasteiger partial charge in [0.2, 0.25) is 0 Å². The van der Waals surface area contributed by atoms with Crippen LogP contribution in [0.2, 0.25) is 0 Å². The van der Waals surface area contributed by atoms with Crippen LogP contribution < -0.4 is 36.0 Å². The SMILES string of the molecule is CCN(CC)c1cc2c3c(c1)N(c1ccccc1)c1cc(N(c4ccccc4)c4ccc5c(c4)c4ccccc4n5-c4ccccc4)ccc1B3c1cc(C)ccc1N2c1ccc(C)cc1. The van der Waals surface area contributed by atoms with E-state index < -0.39 is 0 Å². The minimum absolute atomic E-state index is 0.00649. The van der Waals surface area contributed by atoms with E-state index in [-0.39, 0.29) is 6.71 Å². The molecule has 0 bridgehead atoms. The van der Waals surface area contributed by atoms with Crippen molar-refractivity contribution in [1.29, 1.82) is 0 Å². The molecule has 0 aliphatic carbocycles. The van der Waals surface area contributed by atoms with Crippen molar-refractivity contribution in [3.63, 3.8) is 0 Å². The van der Waals surface area contributed by atoms with E-state index in [1.165, 1.54) is 77.8 Å². The fourth-order valence-electron chi connectivity index (χ4n) is 10.8. The summed E-state index contributed by atoms with van der Waals surface area (Å²) in [7, 11) is 0. The summed E-state index contributed by atoms with van der Waals surface area (Å²) in [6.45, 7) is 10.7. The first-order valence-corrected chi connectivity index (χ1v) is 23.3. The molecular formula is C60H50BN5. The predicted molar refractivity (Wildman–Crippen MR) is 283 cm³/mol. The molecule has 0 saturated carbocycles. The highest BCUT2D eigenvalue weighted by Gasteiger charge is 2.44. The number of fused-ring (bicyclic) bond motifs is 7. The van der Waals surface area contributed by atoms with Gasteiger partial charge in [0, 0.05) is 86.4 Å². The van der Waals surface area contributed by atoms with Crippen LogP contribution in [-0.2, 0) is 0 Å². The Hall–Kier alpha value is -7.96. The van der Waals surface area contributed by atoms with Gasteiger partial charge in [0.25, 0.3) is 6.71 Å². The molecule has 2 aliphatic heterocycles. The highest BCUT2D eigenvalue weighted by Crippen LogP contribution is 2.48. The van der Waals surface area contributed by atoms with Gasteiger partial charge in [-0.05, 0) is 147 Å². The Balaban J connectivity index is 1.12. The number of aromatic nitrogens is 1. The van der Waals surface area contributed by atoms with Gasteiger partial charge in [0.15, 0.2) is 0 Å². The maximum atomic E-state index is 2.54. The van der Waals surface area contributed by atoms with Crippen molar-refractivity contribution in [2.45, 2.75) is 27.7 Å². The number of rotatable bonds is 9. The summed E-state index contributed by atoms with van der Waals surface area (Å²) in [5.74, 6) is 0. The second-order valence-electron chi connectivity index (χ2n) is 17.7. The second-order valence-corrected chi connectivity index (χ2v) is 17.7. The Kier molecular flexibility index (Phi) is 9.57. The highest BCUT2D eigenvalue weighted by atomic mass is 15.2. The van der Waals surface area contributed by atoms with Crippen LogP contribution in [0.1, 0.15) is 25.0 Å². The van der Waals surface area contributed by atoms with Gasteiger partial charge in [-0.1, -0.05) is 114 Å². The van der Waals surface area contributed by atoms with Gasteiger partial charge in [-0.2, -0.15) is 0 Å². The van der Waals surface area contributed by atoms with Gasteiger partial charge in [-0.15, -0.1) is 0 Å². The lowest BCUT2D eigenvalue weighted by atomic mass is 9.33. The molecule has 9 aromatic carbocycles. The van der Waals surface area contributed by atoms with E-state index >= 15 is 0 Å². The first kappa shape index (κ1) is 39.6. The maximum Gasteiger partial charge on any atom is 0.252 e. The number of hydrogen-bond donors (Lipinski definition) is 0. The van der Waals surface area contributed by atoms with Crippen molar-refractivity contribution in [3.8, 4) is 5.69 Å². The van der Waals surface area contributed by atoms with Gasteiger partial charge < -0.3 is 24.2 Å². The Bertz CT molecular complexity index is 3430. The zero-order valence-electron chi connectivity index (χ0n) is 37.9. The molecule has 5 nitrogen and oxygen atoms in total. The predicted octanol–water partition coefficient (Wildman–Crippen LogP) is 13.8. The molecule has 0 saturated heterocycles. The molecule has 0 unspecified atom stereocenters. The normalized spacial score (nSPS) is 12.6. The molecule has 66 heavy (non-hydrogen) atoms. The first-order chi connectivity index (χ1) is 32.5. The van der Waals surface area contributed by atoms with Crippen molar-refractivity contribution in [3.05, 3.63) is 217 Å². The van der Waals surface area contributed by atoms with E-state index in [1.807, 2.05) is 0 Å². The van der Waals surface area contributed by atoms with Gasteiger partial charge in [-0.3, -0.25) is 0 Å². The molecule has 3 heterocycles. The first-order valence-electron chi connectivity index (χ1n) is 23.3. The fraction of sp³-hybridized carbons (Fsp3) is 0.100. The van der Waals surface area contributed by atoms with Crippen LogP contribution in [-0.4, -0.2) is 24.4 Å². The van der Waals surface area contributed by atoms with Gasteiger partial charge in [-0.25, -0.2) is 0 Å². The zero-order valence-corrected chi connectivity index (χ0v) is 37.9. The van der Waals surface area contributed by atoms with Gasteiger partial charge in [0.05, 0.1) is 11.0 Å². The average molecular weight is 852 g/mol. The van der Waals surface area contributed by atoms with Crippen molar-refractivity contribution in [2.24, 2.45) is 0 Å². The highest BCUT2D eigenvalue weighted by molar-refractivity contribution is 7.00. The van der Waals surface area contributed by atoms with E-state index in [0.717, 1.165) is 47.2 Å². The number of anilines is 10. The average Bonchev–Trinajstić information content (AvgIpc) is 3.69. The number of nitrogens with zero attached hydrogens (tertiary/aromatic N) is 5. The number of aryl methyl sites for hydroxylation is 2. The molecule has 0 N–H and O–H groups in total. The Morgan fingerprint density at radius 3 is 1.67 bits per heavy atom. The largest absolute Gasteiger partial charge is 0.372 e. The molecular weight excluding hydrogens is 802 g/mol. The Morgan fingerprint density at radius 2 is 0.955 bits per heavy atom. The molecule has 0 fully saturated rings. The lowest BCUT2D eigenvalue weighted by molar-refractivity contribution is 0.866. The molecule has 2 aliphatic rings. The standard InChI is InChI=1S/C60H50BN5/c1-5-62(6-2)49-39-58-60-59(40-49)66(45-22-14-9-15-23-45)57-38-48(31-33-52(57)61(60)53-36-42(4)28-34-56(53)65(58)46-29-26-41(3)27-30-46)63(43-18-10-7-11-19-43)47-32-35-55-51(37-47)50-24-16-17-25-54(50)64(55)44-20-12-8-13-21-44/h7-40H,5-6H2,1-4H3. The molecule has 0 atom stereocenters. The van der Waals surface area contributed by atoms with E-state index in [0.29, 0.717) is 0 Å². The quantitative estimate of drug-likeness (QED) is 0.135. The summed E-state index contributed by atoms with van der Waals surface area (Å²) in [6.07, 6.45) is 0. The van der Waals surface area contributed by atoms with Crippen LogP contribution in [0.4, 0.5) is 56.9 Å². The van der Waals surface area contributed by atoms with Gasteiger partial charge >= 0.3 is 0 Å². The maximum absolute atomic E-state index is 2.54. The Labute approximate surface area is 388 Å². The minimum atomic E-state index is 0.00649. The molecule has 10 aromatic rings. The summed E-state index contributed by atoms with van der Waals surface area (Å²) < 4.78 is 2.39. The van der Waals surface area contributed by atoms with Crippen LogP contribution in [0.25, 0.3) is 27.5 Å². The molecule has 12 rings (SSSR count). The van der Waals surface area contributed by atoms with E-state index in [2.05, 4.69) is 258 Å². The van der Waals surface area contributed by atoms with Crippen molar-refractivity contribution < 1.29 is 0 Å². The summed E-state index contributed by atoms with van der Waals surface area (Å²) in [5.41, 5.74) is 21.6. The van der Waals surface area contributed by atoms with E-state index in [4.69, 9.17) is 0 Å². The van der Waals surface area contributed by atoms with E-state index in [9.17, 15) is 0 Å². The lowest BCUT2D eigenvalue weighted by Crippen LogP contribution is -2.61. The third-order valence-electron chi connectivity index (χ3n) is 13.8. The van der Waals surface area contributed by atoms with Crippen LogP contribution in [0.15, 0.2) is 206 Å². The molecule has 1 aromatic heterocycles. The second kappa shape index (κ2) is 15.9. The monoisotopic (exact) mass is 851 g/mol. The molecule has 0 amide bonds. The van der Waals surface area contributed by atoms with Crippen LogP contribution in [0.5, 0.6) is 0 Å². The molecule has 6 heteroatoms. The topological polar surface area (TPSA) is 17.9 Å². The smallest absolute Gasteiger partial charge is 0.252 e. The minimum Gasteiger partial charge on any atom is -0.372 e. The van der Waals surface area contributed by atoms with Gasteiger partial charge in [0.1, 0.15) is 0 Å². The fourth-order valence-corrected chi connectivity index (χ4v) is 10.8. The number of benzene rings is 9. The lowest BCUT2D eigenvalue weighted by Gasteiger charge is -2.45.